The van der Waals surface area contributed by atoms with Crippen molar-refractivity contribution in [1.82, 2.24) is 15.5 Å². The molecule has 2 atom stereocenters. The molecule has 0 aliphatic heterocycles. The summed E-state index contributed by atoms with van der Waals surface area (Å²) in [6.45, 7) is 4.89. The molecule has 0 aromatic carbocycles. The zero-order chi connectivity index (χ0) is 19.9. The van der Waals surface area contributed by atoms with E-state index in [0.29, 0.717) is 0 Å². The molecule has 0 saturated heterocycles. The maximum Gasteiger partial charge on any atom is 0.471 e. The first-order valence-electron chi connectivity index (χ1n) is 7.44. The van der Waals surface area contributed by atoms with E-state index in [1.165, 1.54) is 27.7 Å². The first kappa shape index (κ1) is 22.7. The predicted molar refractivity (Wildman–Crippen MR) is 80.3 cm³/mol. The molecule has 0 aromatic heterocycles. The van der Waals surface area contributed by atoms with Gasteiger partial charge in [-0.1, -0.05) is 13.8 Å². The molecule has 8 nitrogen and oxygen atoms in total. The van der Waals surface area contributed by atoms with Gasteiger partial charge in [0.2, 0.25) is 11.8 Å². The number of hydrogen-bond acceptors (Lipinski definition) is 4. The van der Waals surface area contributed by atoms with Gasteiger partial charge in [-0.05, 0) is 12.8 Å². The molecule has 0 aliphatic rings. The van der Waals surface area contributed by atoms with Gasteiger partial charge < -0.3 is 20.6 Å². The maximum atomic E-state index is 12.5. The summed E-state index contributed by atoms with van der Waals surface area (Å²) in [7, 11) is 0. The minimum Gasteiger partial charge on any atom is -0.480 e. The van der Waals surface area contributed by atoms with Crippen molar-refractivity contribution < 1.29 is 37.5 Å². The Hall–Kier alpha value is -2.33. The molecular weight excluding hydrogens is 347 g/mol. The average Bonchev–Trinajstić information content (AvgIpc) is 2.45. The molecule has 1 unspecified atom stereocenters. The molecule has 0 aliphatic carbocycles. The molecule has 3 amide bonds. The summed E-state index contributed by atoms with van der Waals surface area (Å²) in [5.74, 6) is -5.78. The molecule has 144 valence electrons. The second kappa shape index (κ2) is 9.23. The zero-order valence-electron chi connectivity index (χ0n) is 14.3. The summed E-state index contributed by atoms with van der Waals surface area (Å²) >= 11 is 0. The van der Waals surface area contributed by atoms with Gasteiger partial charge in [0.15, 0.2) is 0 Å². The van der Waals surface area contributed by atoms with Crippen molar-refractivity contribution in [2.45, 2.75) is 46.0 Å². The van der Waals surface area contributed by atoms with Crippen molar-refractivity contribution >= 4 is 23.7 Å². The number of alkyl halides is 3. The second-order valence-corrected chi connectivity index (χ2v) is 5.72. The molecule has 0 bridgehead atoms. The van der Waals surface area contributed by atoms with Crippen LogP contribution in [0.3, 0.4) is 0 Å². The van der Waals surface area contributed by atoms with Crippen LogP contribution in [0.2, 0.25) is 0 Å². The number of carbonyl (C=O) groups is 4. The van der Waals surface area contributed by atoms with Crippen LogP contribution in [-0.4, -0.2) is 65.0 Å². The predicted octanol–water partition coefficient (Wildman–Crippen LogP) is 0.127. The first-order valence-corrected chi connectivity index (χ1v) is 7.44. The largest absolute Gasteiger partial charge is 0.480 e. The number of rotatable bonds is 8. The number of carboxylic acids is 1. The van der Waals surface area contributed by atoms with E-state index in [0.717, 1.165) is 4.90 Å². The normalized spacial score (nSPS) is 13.8. The van der Waals surface area contributed by atoms with E-state index in [4.69, 9.17) is 5.11 Å². The molecule has 0 heterocycles. The van der Waals surface area contributed by atoms with Crippen molar-refractivity contribution in [2.75, 3.05) is 13.1 Å². The van der Waals surface area contributed by atoms with Gasteiger partial charge in [-0.15, -0.1) is 0 Å². The highest BCUT2D eigenvalue weighted by molar-refractivity contribution is 5.92. The fourth-order valence-corrected chi connectivity index (χ4v) is 1.90. The van der Waals surface area contributed by atoms with Crippen molar-refractivity contribution in [3.8, 4) is 0 Å². The number of amides is 3. The lowest BCUT2D eigenvalue weighted by Crippen LogP contribution is -2.57. The van der Waals surface area contributed by atoms with E-state index in [-0.39, 0.29) is 13.1 Å². The number of hydrogen-bond donors (Lipinski definition) is 3. The van der Waals surface area contributed by atoms with Gasteiger partial charge >= 0.3 is 18.1 Å². The number of carboxylic acid groups (broad SMARTS) is 1. The van der Waals surface area contributed by atoms with Gasteiger partial charge in [0, 0.05) is 20.0 Å². The molecule has 0 aromatic rings. The second-order valence-electron chi connectivity index (χ2n) is 5.72. The SMILES string of the molecule is CC(=O)NCCN(C(=O)[C@@H](NC(=O)C(F)(F)F)C(C)C)C(C)C(=O)O. The van der Waals surface area contributed by atoms with E-state index in [2.05, 4.69) is 5.32 Å². The molecule has 0 saturated carbocycles. The van der Waals surface area contributed by atoms with Crippen molar-refractivity contribution in [2.24, 2.45) is 5.92 Å². The van der Waals surface area contributed by atoms with Crippen LogP contribution in [0.1, 0.15) is 27.7 Å². The third-order valence-electron chi connectivity index (χ3n) is 3.31. The molecule has 25 heavy (non-hydrogen) atoms. The van der Waals surface area contributed by atoms with Crippen LogP contribution < -0.4 is 10.6 Å². The van der Waals surface area contributed by atoms with Crippen molar-refractivity contribution in [3.63, 3.8) is 0 Å². The molecule has 0 spiro atoms. The van der Waals surface area contributed by atoms with Gasteiger partial charge in [-0.3, -0.25) is 14.4 Å². The van der Waals surface area contributed by atoms with Crippen LogP contribution in [-0.2, 0) is 19.2 Å². The minimum atomic E-state index is -5.17. The third kappa shape index (κ3) is 7.40. The highest BCUT2D eigenvalue weighted by Crippen LogP contribution is 2.17. The topological polar surface area (TPSA) is 116 Å². The quantitative estimate of drug-likeness (QED) is 0.562. The molecular formula is C14H22F3N3O5. The van der Waals surface area contributed by atoms with Gasteiger partial charge in [-0.2, -0.15) is 13.2 Å². The molecule has 0 radical (unpaired) electrons. The summed E-state index contributed by atoms with van der Waals surface area (Å²) in [5.41, 5.74) is 0. The standard InChI is InChI=1S/C14H22F3N3O5/c1-7(2)10(19-13(25)14(15,16)17)11(22)20(8(3)12(23)24)6-5-18-9(4)21/h7-8,10H,5-6H2,1-4H3,(H,18,21)(H,19,25)(H,23,24)/t8?,10-/m0/s1. The number of nitrogens with zero attached hydrogens (tertiary/aromatic N) is 1. The first-order chi connectivity index (χ1) is 11.3. The maximum absolute atomic E-state index is 12.5. The van der Waals surface area contributed by atoms with E-state index in [9.17, 15) is 32.3 Å². The third-order valence-corrected chi connectivity index (χ3v) is 3.31. The van der Waals surface area contributed by atoms with Crippen LogP contribution in [0.4, 0.5) is 13.2 Å². The van der Waals surface area contributed by atoms with E-state index >= 15 is 0 Å². The highest BCUT2D eigenvalue weighted by atomic mass is 19.4. The Morgan fingerprint density at radius 2 is 1.64 bits per heavy atom. The number of halogens is 3. The van der Waals surface area contributed by atoms with Gasteiger partial charge in [0.05, 0.1) is 0 Å². The Morgan fingerprint density at radius 3 is 2.00 bits per heavy atom. The summed E-state index contributed by atoms with van der Waals surface area (Å²) in [4.78, 5) is 46.5. The van der Waals surface area contributed by atoms with E-state index in [1.54, 1.807) is 5.32 Å². The summed E-state index contributed by atoms with van der Waals surface area (Å²) in [6, 6.07) is -2.92. The molecule has 0 fully saturated rings. The van der Waals surface area contributed by atoms with E-state index in [1.807, 2.05) is 0 Å². The smallest absolute Gasteiger partial charge is 0.471 e. The van der Waals surface area contributed by atoms with Crippen LogP contribution in [0.5, 0.6) is 0 Å². The monoisotopic (exact) mass is 369 g/mol. The summed E-state index contributed by atoms with van der Waals surface area (Å²) in [6.07, 6.45) is -5.17. The highest BCUT2D eigenvalue weighted by Gasteiger charge is 2.42. The van der Waals surface area contributed by atoms with Gasteiger partial charge in [0.1, 0.15) is 12.1 Å². The Labute approximate surface area is 142 Å². The Bertz CT molecular complexity index is 522. The molecule has 0 rings (SSSR count). The number of carbonyl (C=O) groups excluding carboxylic acids is 3. The minimum absolute atomic E-state index is 0.0866. The fraction of sp³-hybridized carbons (Fsp3) is 0.714. The van der Waals surface area contributed by atoms with Gasteiger partial charge in [-0.25, -0.2) is 4.79 Å². The lowest BCUT2D eigenvalue weighted by atomic mass is 10.0. The number of aliphatic carboxylic acids is 1. The van der Waals surface area contributed by atoms with Crippen LogP contribution >= 0.6 is 0 Å². The zero-order valence-corrected chi connectivity index (χ0v) is 14.3. The molecule has 3 N–H and O–H groups in total. The Balaban J connectivity index is 5.40. The Morgan fingerprint density at radius 1 is 1.12 bits per heavy atom. The van der Waals surface area contributed by atoms with Crippen LogP contribution in [0, 0.1) is 5.92 Å². The lowest BCUT2D eigenvalue weighted by molar-refractivity contribution is -0.175. The van der Waals surface area contributed by atoms with E-state index < -0.39 is 47.9 Å². The Kier molecular flexibility index (Phi) is 8.37. The lowest BCUT2D eigenvalue weighted by Gasteiger charge is -2.32. The fourth-order valence-electron chi connectivity index (χ4n) is 1.90. The average molecular weight is 369 g/mol. The number of nitrogens with one attached hydrogen (secondary N) is 2. The van der Waals surface area contributed by atoms with Gasteiger partial charge in [0.25, 0.3) is 0 Å². The molecule has 11 heteroatoms. The van der Waals surface area contributed by atoms with Crippen LogP contribution in [0.15, 0.2) is 0 Å². The van der Waals surface area contributed by atoms with Crippen LogP contribution in [0.25, 0.3) is 0 Å². The van der Waals surface area contributed by atoms with Crippen molar-refractivity contribution in [1.29, 1.82) is 0 Å². The summed E-state index contributed by atoms with van der Waals surface area (Å²) < 4.78 is 37.3. The summed E-state index contributed by atoms with van der Waals surface area (Å²) in [5, 5.41) is 13.1. The van der Waals surface area contributed by atoms with Crippen molar-refractivity contribution in [3.05, 3.63) is 0 Å².